The molecule has 0 saturated heterocycles. The molecule has 0 heterocycles. The molecule has 1 aliphatic rings. The Bertz CT molecular complexity index is 158. The van der Waals surface area contributed by atoms with Crippen molar-refractivity contribution in [3.63, 3.8) is 0 Å². The molecule has 4 heteroatoms. The number of hydrogen-bond donors (Lipinski definition) is 0. The molecule has 0 aromatic carbocycles. The van der Waals surface area contributed by atoms with Gasteiger partial charge >= 0.3 is 0 Å². The zero-order valence-electron chi connectivity index (χ0n) is 9.85. The van der Waals surface area contributed by atoms with Gasteiger partial charge in [0.05, 0.1) is 13.2 Å². The Morgan fingerprint density at radius 2 is 1.31 bits per heavy atom. The van der Waals surface area contributed by atoms with E-state index < -0.39 is 0 Å². The first-order valence-electron chi connectivity index (χ1n) is 6.23. The average Bonchev–Trinajstić information content (AvgIpc) is 2.31. The molecule has 2 nitrogen and oxygen atoms in total. The van der Waals surface area contributed by atoms with E-state index in [1.54, 1.807) is 0 Å². The summed E-state index contributed by atoms with van der Waals surface area (Å²) in [5.41, 5.74) is 0. The Hall–Kier alpha value is 0.500. The highest BCUT2D eigenvalue weighted by atomic mass is 35.5. The van der Waals surface area contributed by atoms with E-state index >= 15 is 0 Å². The Labute approximate surface area is 109 Å². The summed E-state index contributed by atoms with van der Waals surface area (Å²) in [6.45, 7) is 1.40. The Kier molecular flexibility index (Phi) is 7.80. The summed E-state index contributed by atoms with van der Waals surface area (Å²) in [5.74, 6) is 0.964. The summed E-state index contributed by atoms with van der Waals surface area (Å²) in [4.78, 5) is 0. The molecule has 16 heavy (non-hydrogen) atoms. The quantitative estimate of drug-likeness (QED) is 0.377. The van der Waals surface area contributed by atoms with Crippen LogP contribution in [0.1, 0.15) is 44.9 Å². The summed E-state index contributed by atoms with van der Waals surface area (Å²) in [7, 11) is 0. The summed E-state index contributed by atoms with van der Waals surface area (Å²) >= 11 is 11.3. The number of hydrogen-bond acceptors (Lipinski definition) is 2. The first-order valence-corrected chi connectivity index (χ1v) is 7.30. The van der Waals surface area contributed by atoms with Crippen LogP contribution in [0.4, 0.5) is 0 Å². The van der Waals surface area contributed by atoms with Crippen molar-refractivity contribution in [3.05, 3.63) is 0 Å². The van der Waals surface area contributed by atoms with Crippen molar-refractivity contribution in [2.45, 2.75) is 50.7 Å². The minimum Gasteiger partial charge on any atom is -0.350 e. The van der Waals surface area contributed by atoms with Gasteiger partial charge in [0.25, 0.3) is 0 Å². The zero-order valence-corrected chi connectivity index (χ0v) is 11.4. The molecule has 0 spiro atoms. The van der Waals surface area contributed by atoms with E-state index in [1.807, 2.05) is 0 Å². The van der Waals surface area contributed by atoms with E-state index in [1.165, 1.54) is 19.3 Å². The van der Waals surface area contributed by atoms with E-state index in [9.17, 15) is 0 Å². The predicted octanol–water partition coefficient (Wildman–Crippen LogP) is 3.94. The first kappa shape index (κ1) is 14.6. The van der Waals surface area contributed by atoms with Gasteiger partial charge in [0, 0.05) is 24.6 Å². The fourth-order valence-electron chi connectivity index (χ4n) is 2.05. The molecule has 0 aromatic rings. The highest BCUT2D eigenvalue weighted by Gasteiger charge is 2.33. The van der Waals surface area contributed by atoms with Crippen LogP contribution in [0.15, 0.2) is 0 Å². The van der Waals surface area contributed by atoms with Crippen LogP contribution in [0, 0.1) is 0 Å². The standard InChI is InChI=1S/C12H22Cl2O2/c13-8-4-10-15-12(16-11-5-9-14)6-2-1-3-7-12/h1-11H2. The number of alkyl halides is 2. The van der Waals surface area contributed by atoms with Crippen molar-refractivity contribution in [1.82, 2.24) is 0 Å². The molecule has 1 fully saturated rings. The molecule has 0 bridgehead atoms. The largest absolute Gasteiger partial charge is 0.350 e. The van der Waals surface area contributed by atoms with E-state index in [2.05, 4.69) is 0 Å². The molecule has 1 aliphatic carbocycles. The third kappa shape index (κ3) is 5.22. The van der Waals surface area contributed by atoms with Crippen molar-refractivity contribution >= 4 is 23.2 Å². The van der Waals surface area contributed by atoms with Crippen LogP contribution in [-0.4, -0.2) is 30.8 Å². The Balaban J connectivity index is 2.33. The third-order valence-electron chi connectivity index (χ3n) is 2.90. The maximum absolute atomic E-state index is 5.91. The summed E-state index contributed by atoms with van der Waals surface area (Å²) < 4.78 is 11.8. The second-order valence-corrected chi connectivity index (χ2v) is 5.01. The zero-order chi connectivity index (χ0) is 11.7. The van der Waals surface area contributed by atoms with Crippen molar-refractivity contribution in [2.24, 2.45) is 0 Å². The van der Waals surface area contributed by atoms with Crippen LogP contribution in [0.3, 0.4) is 0 Å². The van der Waals surface area contributed by atoms with Gasteiger partial charge < -0.3 is 9.47 Å². The van der Waals surface area contributed by atoms with Crippen LogP contribution in [0.25, 0.3) is 0 Å². The van der Waals surface area contributed by atoms with E-state index in [4.69, 9.17) is 32.7 Å². The molecule has 0 aromatic heterocycles. The van der Waals surface area contributed by atoms with Gasteiger partial charge in [-0.2, -0.15) is 0 Å². The molecule has 0 atom stereocenters. The van der Waals surface area contributed by atoms with Gasteiger partial charge in [-0.3, -0.25) is 0 Å². The summed E-state index contributed by atoms with van der Waals surface area (Å²) in [6.07, 6.45) is 7.49. The second kappa shape index (κ2) is 8.57. The van der Waals surface area contributed by atoms with Crippen LogP contribution in [-0.2, 0) is 9.47 Å². The monoisotopic (exact) mass is 268 g/mol. The molecule has 96 valence electrons. The maximum Gasteiger partial charge on any atom is 0.168 e. The molecule has 0 unspecified atom stereocenters. The summed E-state index contributed by atoms with van der Waals surface area (Å²) in [6, 6.07) is 0. The second-order valence-electron chi connectivity index (χ2n) is 4.25. The third-order valence-corrected chi connectivity index (χ3v) is 3.44. The minimum atomic E-state index is -0.337. The smallest absolute Gasteiger partial charge is 0.168 e. The molecular formula is C12H22Cl2O2. The number of ether oxygens (including phenoxy) is 2. The first-order chi connectivity index (χ1) is 7.83. The van der Waals surface area contributed by atoms with Crippen molar-refractivity contribution in [3.8, 4) is 0 Å². The van der Waals surface area contributed by atoms with Crippen LogP contribution in [0.5, 0.6) is 0 Å². The van der Waals surface area contributed by atoms with Crippen LogP contribution < -0.4 is 0 Å². The molecule has 1 saturated carbocycles. The van der Waals surface area contributed by atoms with Crippen molar-refractivity contribution in [2.75, 3.05) is 25.0 Å². The van der Waals surface area contributed by atoms with E-state index in [0.717, 1.165) is 25.7 Å². The topological polar surface area (TPSA) is 18.5 Å². The fraction of sp³-hybridized carbons (Fsp3) is 1.00. The van der Waals surface area contributed by atoms with Gasteiger partial charge in [-0.1, -0.05) is 6.42 Å². The highest BCUT2D eigenvalue weighted by Crippen LogP contribution is 2.33. The van der Waals surface area contributed by atoms with E-state index in [-0.39, 0.29) is 5.79 Å². The van der Waals surface area contributed by atoms with Crippen molar-refractivity contribution in [1.29, 1.82) is 0 Å². The lowest BCUT2D eigenvalue weighted by atomic mass is 9.94. The minimum absolute atomic E-state index is 0.337. The fourth-order valence-corrected chi connectivity index (χ4v) is 2.26. The van der Waals surface area contributed by atoms with Crippen molar-refractivity contribution < 1.29 is 9.47 Å². The molecule has 0 N–H and O–H groups in total. The van der Waals surface area contributed by atoms with Crippen LogP contribution in [0.2, 0.25) is 0 Å². The van der Waals surface area contributed by atoms with Gasteiger partial charge in [-0.25, -0.2) is 0 Å². The van der Waals surface area contributed by atoms with E-state index in [0.29, 0.717) is 25.0 Å². The average molecular weight is 269 g/mol. The number of rotatable bonds is 8. The maximum atomic E-state index is 5.91. The molecule has 0 amide bonds. The highest BCUT2D eigenvalue weighted by molar-refractivity contribution is 6.18. The lowest BCUT2D eigenvalue weighted by Gasteiger charge is -2.37. The normalized spacial score (nSPS) is 19.9. The van der Waals surface area contributed by atoms with Gasteiger partial charge in [-0.05, 0) is 25.7 Å². The molecular weight excluding hydrogens is 247 g/mol. The molecule has 0 aliphatic heterocycles. The Morgan fingerprint density at radius 3 is 1.75 bits per heavy atom. The molecule has 1 rings (SSSR count). The van der Waals surface area contributed by atoms with Gasteiger partial charge in [-0.15, -0.1) is 23.2 Å². The summed E-state index contributed by atoms with van der Waals surface area (Å²) in [5, 5.41) is 0. The lowest BCUT2D eigenvalue weighted by Crippen LogP contribution is -2.39. The van der Waals surface area contributed by atoms with Crippen LogP contribution >= 0.6 is 23.2 Å². The van der Waals surface area contributed by atoms with Gasteiger partial charge in [0.15, 0.2) is 5.79 Å². The molecule has 0 radical (unpaired) electrons. The SMILES string of the molecule is ClCCCOC1(OCCCCl)CCCCC1. The predicted molar refractivity (Wildman–Crippen MR) is 68.4 cm³/mol. The van der Waals surface area contributed by atoms with Gasteiger partial charge in [0.2, 0.25) is 0 Å². The number of halogens is 2. The Morgan fingerprint density at radius 1 is 0.812 bits per heavy atom. The van der Waals surface area contributed by atoms with Gasteiger partial charge in [0.1, 0.15) is 0 Å². The lowest BCUT2D eigenvalue weighted by molar-refractivity contribution is -0.252.